The molecule has 1 aromatic carbocycles. The largest absolute Gasteiger partial charge is 0.371 e. The van der Waals surface area contributed by atoms with Gasteiger partial charge in [-0.3, -0.25) is 4.79 Å². The number of benzene rings is 1. The molecule has 2 N–H and O–H groups in total. The number of carbonyl (C=O) groups excluding carboxylic acids is 1. The molecule has 1 amide bonds. The summed E-state index contributed by atoms with van der Waals surface area (Å²) >= 11 is 0. The maximum atomic E-state index is 12.7. The summed E-state index contributed by atoms with van der Waals surface area (Å²) in [6, 6.07) is 8.12. The maximum absolute atomic E-state index is 12.7. The Morgan fingerprint density at radius 3 is 2.68 bits per heavy atom. The first-order valence-electron chi connectivity index (χ1n) is 8.16. The third-order valence-electron chi connectivity index (χ3n) is 4.79. The van der Waals surface area contributed by atoms with Gasteiger partial charge < -0.3 is 20.3 Å². The lowest BCUT2D eigenvalue weighted by Gasteiger charge is -2.34. The summed E-state index contributed by atoms with van der Waals surface area (Å²) in [6.45, 7) is 3.83. The standard InChI is InChI=1S/C17H25N3O2/c1-22-17(7-9-18-10-8-17)16(21)19-14-5-4-6-15(13-14)20-11-2-3-12-20/h4-6,13,18H,2-3,7-12H2,1H3,(H,19,21). The first-order chi connectivity index (χ1) is 10.7. The highest BCUT2D eigenvalue weighted by Gasteiger charge is 2.39. The van der Waals surface area contributed by atoms with Crippen LogP contribution in [-0.2, 0) is 9.53 Å². The number of carbonyl (C=O) groups is 1. The van der Waals surface area contributed by atoms with Crippen molar-refractivity contribution in [3.63, 3.8) is 0 Å². The Morgan fingerprint density at radius 1 is 1.27 bits per heavy atom. The first-order valence-corrected chi connectivity index (χ1v) is 8.16. The lowest BCUT2D eigenvalue weighted by molar-refractivity contribution is -0.140. The predicted molar refractivity (Wildman–Crippen MR) is 88.4 cm³/mol. The Balaban J connectivity index is 1.71. The maximum Gasteiger partial charge on any atom is 0.256 e. The molecule has 0 aliphatic carbocycles. The molecule has 2 saturated heterocycles. The molecule has 0 aromatic heterocycles. The minimum atomic E-state index is -0.700. The second-order valence-corrected chi connectivity index (χ2v) is 6.15. The molecule has 2 aliphatic heterocycles. The van der Waals surface area contributed by atoms with Crippen molar-refractivity contribution in [2.24, 2.45) is 0 Å². The number of nitrogens with zero attached hydrogens (tertiary/aromatic N) is 1. The van der Waals surface area contributed by atoms with Crippen molar-refractivity contribution >= 4 is 17.3 Å². The first kappa shape index (κ1) is 15.3. The summed E-state index contributed by atoms with van der Waals surface area (Å²) in [5.74, 6) is -0.0323. The molecule has 0 unspecified atom stereocenters. The predicted octanol–water partition coefficient (Wildman–Crippen LogP) is 1.99. The van der Waals surface area contributed by atoms with Crippen LogP contribution < -0.4 is 15.5 Å². The normalized spacial score (nSPS) is 20.9. The van der Waals surface area contributed by atoms with Gasteiger partial charge in [-0.2, -0.15) is 0 Å². The molecule has 0 bridgehead atoms. The van der Waals surface area contributed by atoms with Crippen LogP contribution >= 0.6 is 0 Å². The highest BCUT2D eigenvalue weighted by atomic mass is 16.5. The Kier molecular flexibility index (Phi) is 4.64. The molecule has 5 nitrogen and oxygen atoms in total. The van der Waals surface area contributed by atoms with Gasteiger partial charge >= 0.3 is 0 Å². The summed E-state index contributed by atoms with van der Waals surface area (Å²) < 4.78 is 5.58. The summed E-state index contributed by atoms with van der Waals surface area (Å²) in [4.78, 5) is 15.0. The van der Waals surface area contributed by atoms with Crippen LogP contribution in [0.15, 0.2) is 24.3 Å². The molecule has 22 heavy (non-hydrogen) atoms. The number of nitrogens with one attached hydrogen (secondary N) is 2. The fourth-order valence-electron chi connectivity index (χ4n) is 3.36. The zero-order valence-electron chi connectivity index (χ0n) is 13.2. The van der Waals surface area contributed by atoms with Gasteiger partial charge in [0.05, 0.1) is 0 Å². The number of hydrogen-bond acceptors (Lipinski definition) is 4. The Labute approximate surface area is 132 Å². The van der Waals surface area contributed by atoms with Crippen molar-refractivity contribution < 1.29 is 9.53 Å². The number of anilines is 2. The molecule has 2 heterocycles. The van der Waals surface area contributed by atoms with Crippen molar-refractivity contribution in [1.29, 1.82) is 0 Å². The monoisotopic (exact) mass is 303 g/mol. The highest BCUT2D eigenvalue weighted by molar-refractivity contribution is 5.97. The van der Waals surface area contributed by atoms with E-state index in [1.165, 1.54) is 18.5 Å². The Bertz CT molecular complexity index is 520. The third kappa shape index (κ3) is 3.10. The quantitative estimate of drug-likeness (QED) is 0.893. The van der Waals surface area contributed by atoms with Crippen molar-refractivity contribution in [2.75, 3.05) is 43.5 Å². The van der Waals surface area contributed by atoms with E-state index in [4.69, 9.17) is 4.74 Å². The van der Waals surface area contributed by atoms with Crippen LogP contribution in [0.4, 0.5) is 11.4 Å². The number of methoxy groups -OCH3 is 1. The van der Waals surface area contributed by atoms with E-state index in [2.05, 4.69) is 27.7 Å². The molecular formula is C17H25N3O2. The molecule has 3 rings (SSSR count). The molecular weight excluding hydrogens is 278 g/mol. The number of ether oxygens (including phenoxy) is 1. The smallest absolute Gasteiger partial charge is 0.256 e. The van der Waals surface area contributed by atoms with E-state index in [1.54, 1.807) is 7.11 Å². The van der Waals surface area contributed by atoms with Gasteiger partial charge in [-0.1, -0.05) is 6.07 Å². The number of rotatable bonds is 4. The molecule has 0 saturated carbocycles. The second-order valence-electron chi connectivity index (χ2n) is 6.15. The van der Waals surface area contributed by atoms with E-state index in [-0.39, 0.29) is 5.91 Å². The van der Waals surface area contributed by atoms with Crippen LogP contribution in [0.5, 0.6) is 0 Å². The minimum Gasteiger partial charge on any atom is -0.371 e. The fraction of sp³-hybridized carbons (Fsp3) is 0.588. The van der Waals surface area contributed by atoms with Crippen molar-refractivity contribution in [3.8, 4) is 0 Å². The molecule has 2 aliphatic rings. The van der Waals surface area contributed by atoms with E-state index in [0.29, 0.717) is 12.8 Å². The number of hydrogen-bond donors (Lipinski definition) is 2. The number of piperidine rings is 1. The average molecular weight is 303 g/mol. The molecule has 120 valence electrons. The summed E-state index contributed by atoms with van der Waals surface area (Å²) in [5.41, 5.74) is 1.34. The van der Waals surface area contributed by atoms with E-state index in [0.717, 1.165) is 31.9 Å². The summed E-state index contributed by atoms with van der Waals surface area (Å²) in [6.07, 6.45) is 3.91. The van der Waals surface area contributed by atoms with Crippen molar-refractivity contribution in [3.05, 3.63) is 24.3 Å². The van der Waals surface area contributed by atoms with E-state index in [9.17, 15) is 4.79 Å². The van der Waals surface area contributed by atoms with Gasteiger partial charge in [0.2, 0.25) is 0 Å². The van der Waals surface area contributed by atoms with Gasteiger partial charge in [0.25, 0.3) is 5.91 Å². The van der Waals surface area contributed by atoms with Gasteiger partial charge in [-0.05, 0) is 57.0 Å². The van der Waals surface area contributed by atoms with Crippen LogP contribution in [0, 0.1) is 0 Å². The van der Waals surface area contributed by atoms with Crippen LogP contribution in [0.1, 0.15) is 25.7 Å². The van der Waals surface area contributed by atoms with Gasteiger partial charge in [0.15, 0.2) is 0 Å². The zero-order chi connectivity index (χ0) is 15.4. The summed E-state index contributed by atoms with van der Waals surface area (Å²) in [7, 11) is 1.63. The third-order valence-corrected chi connectivity index (χ3v) is 4.79. The second kappa shape index (κ2) is 6.67. The molecule has 0 radical (unpaired) electrons. The average Bonchev–Trinajstić information content (AvgIpc) is 3.10. The van der Waals surface area contributed by atoms with Crippen LogP contribution in [0.3, 0.4) is 0 Å². The molecule has 0 atom stereocenters. The SMILES string of the molecule is COC1(C(=O)Nc2cccc(N3CCCC3)c2)CCNCC1. The lowest BCUT2D eigenvalue weighted by Crippen LogP contribution is -2.51. The molecule has 5 heteroatoms. The minimum absolute atomic E-state index is 0.0323. The molecule has 1 aromatic rings. The summed E-state index contributed by atoms with van der Waals surface area (Å²) in [5, 5.41) is 6.32. The van der Waals surface area contributed by atoms with Crippen molar-refractivity contribution in [2.45, 2.75) is 31.3 Å². The van der Waals surface area contributed by atoms with Crippen LogP contribution in [0.2, 0.25) is 0 Å². The molecule has 2 fully saturated rings. The van der Waals surface area contributed by atoms with Crippen LogP contribution in [0.25, 0.3) is 0 Å². The lowest BCUT2D eigenvalue weighted by atomic mass is 9.91. The highest BCUT2D eigenvalue weighted by Crippen LogP contribution is 2.27. The van der Waals surface area contributed by atoms with Gasteiger partial charge in [-0.25, -0.2) is 0 Å². The van der Waals surface area contributed by atoms with Gasteiger partial charge in [-0.15, -0.1) is 0 Å². The van der Waals surface area contributed by atoms with E-state index in [1.807, 2.05) is 12.1 Å². The fourth-order valence-corrected chi connectivity index (χ4v) is 3.36. The molecule has 0 spiro atoms. The van der Waals surface area contributed by atoms with E-state index >= 15 is 0 Å². The Hall–Kier alpha value is -1.59. The van der Waals surface area contributed by atoms with Gasteiger partial charge in [0.1, 0.15) is 5.60 Å². The van der Waals surface area contributed by atoms with Gasteiger partial charge in [0, 0.05) is 31.6 Å². The zero-order valence-corrected chi connectivity index (χ0v) is 13.2. The number of amides is 1. The van der Waals surface area contributed by atoms with E-state index < -0.39 is 5.60 Å². The Morgan fingerprint density at radius 2 is 2.00 bits per heavy atom. The van der Waals surface area contributed by atoms with Crippen molar-refractivity contribution in [1.82, 2.24) is 5.32 Å². The topological polar surface area (TPSA) is 53.6 Å². The van der Waals surface area contributed by atoms with Crippen LogP contribution in [-0.4, -0.2) is 44.8 Å².